The van der Waals surface area contributed by atoms with Crippen LogP contribution in [-0.2, 0) is 11.5 Å². The zero-order valence-corrected chi connectivity index (χ0v) is 20.7. The van der Waals surface area contributed by atoms with Crippen molar-refractivity contribution in [2.24, 2.45) is 0 Å². The summed E-state index contributed by atoms with van der Waals surface area (Å²) in [5.41, 5.74) is 2.68. The third-order valence-electron chi connectivity index (χ3n) is 5.15. The van der Waals surface area contributed by atoms with Crippen LogP contribution >= 0.6 is 23.2 Å². The predicted molar refractivity (Wildman–Crippen MR) is 129 cm³/mol. The number of hydrogen-bond donors (Lipinski definition) is 0. The smallest absolute Gasteiger partial charge is 0.231 e. The minimum absolute atomic E-state index is 0.171. The Kier molecular flexibility index (Phi) is 6.62. The first-order chi connectivity index (χ1) is 15.3. The Labute approximate surface area is 198 Å². The lowest BCUT2D eigenvalue weighted by molar-refractivity contribution is 0.0841. The van der Waals surface area contributed by atoms with Crippen molar-refractivity contribution < 1.29 is 19.0 Å². The Hall–Kier alpha value is -2.32. The summed E-state index contributed by atoms with van der Waals surface area (Å²) in [6, 6.07) is 11.8. The number of carbonyl (C=O) groups is 1. The van der Waals surface area contributed by atoms with Gasteiger partial charge in [0, 0.05) is 30.8 Å². The number of benzene rings is 2. The van der Waals surface area contributed by atoms with E-state index in [-0.39, 0.29) is 19.3 Å². The summed E-state index contributed by atoms with van der Waals surface area (Å²) in [6.07, 6.45) is 0.723. The molecule has 3 aromatic rings. The van der Waals surface area contributed by atoms with Crippen LogP contribution in [0.5, 0.6) is 11.5 Å². The summed E-state index contributed by atoms with van der Waals surface area (Å²) in [5, 5.41) is 1.01. The molecule has 1 aliphatic heterocycles. The zero-order valence-electron chi connectivity index (χ0n) is 18.2. The van der Waals surface area contributed by atoms with Crippen molar-refractivity contribution in [3.05, 3.63) is 52.3 Å². The number of nitrogens with zero attached hydrogens (tertiary/aromatic N) is 2. The Morgan fingerprint density at radius 3 is 2.66 bits per heavy atom. The second-order valence-electron chi connectivity index (χ2n) is 8.75. The first-order valence-corrected chi connectivity index (χ1v) is 14.7. The summed E-state index contributed by atoms with van der Waals surface area (Å²) < 4.78 is 18.8. The Morgan fingerprint density at radius 2 is 1.91 bits per heavy atom. The molecule has 0 amide bonds. The highest BCUT2D eigenvalue weighted by molar-refractivity contribution is 6.76. The number of imidazole rings is 1. The van der Waals surface area contributed by atoms with Gasteiger partial charge in [-0.15, -0.1) is 0 Å². The highest BCUT2D eigenvalue weighted by Crippen LogP contribution is 2.41. The van der Waals surface area contributed by atoms with Crippen molar-refractivity contribution in [1.82, 2.24) is 9.55 Å². The minimum atomic E-state index is -1.25. The van der Waals surface area contributed by atoms with Gasteiger partial charge in [0.05, 0.1) is 16.4 Å². The fraction of sp³-hybridized carbons (Fsp3) is 0.304. The van der Waals surface area contributed by atoms with E-state index in [1.54, 1.807) is 22.8 Å². The quantitative estimate of drug-likeness (QED) is 0.208. The summed E-state index contributed by atoms with van der Waals surface area (Å²) in [6.45, 7) is 7.85. The zero-order chi connectivity index (χ0) is 22.9. The molecule has 4 rings (SSSR count). The molecule has 0 saturated carbocycles. The van der Waals surface area contributed by atoms with Gasteiger partial charge in [-0.05, 0) is 42.4 Å². The topological polar surface area (TPSA) is 62.6 Å². The maximum absolute atomic E-state index is 12.0. The van der Waals surface area contributed by atoms with Crippen LogP contribution in [0, 0.1) is 0 Å². The predicted octanol–water partition coefficient (Wildman–Crippen LogP) is 6.38. The van der Waals surface area contributed by atoms with Crippen LogP contribution in [0.25, 0.3) is 22.5 Å². The van der Waals surface area contributed by atoms with Crippen molar-refractivity contribution in [3.63, 3.8) is 0 Å². The first kappa shape index (κ1) is 22.9. The highest BCUT2D eigenvalue weighted by Gasteiger charge is 2.24. The lowest BCUT2D eigenvalue weighted by Crippen LogP contribution is -2.22. The minimum Gasteiger partial charge on any atom is -0.454 e. The van der Waals surface area contributed by atoms with Crippen molar-refractivity contribution in [1.29, 1.82) is 0 Å². The van der Waals surface area contributed by atoms with Gasteiger partial charge in [-0.1, -0.05) is 42.8 Å². The molecule has 0 saturated heterocycles. The second-order valence-corrected chi connectivity index (χ2v) is 15.2. The number of halogens is 2. The van der Waals surface area contributed by atoms with E-state index in [2.05, 4.69) is 24.6 Å². The van der Waals surface area contributed by atoms with Gasteiger partial charge in [0.25, 0.3) is 0 Å². The van der Waals surface area contributed by atoms with E-state index >= 15 is 0 Å². The van der Waals surface area contributed by atoms with Crippen molar-refractivity contribution in [3.8, 4) is 34.0 Å². The molecular formula is C23H24Cl2N2O4Si. The summed E-state index contributed by atoms with van der Waals surface area (Å²) in [5.74, 6) is 1.55. The van der Waals surface area contributed by atoms with E-state index in [0.717, 1.165) is 17.9 Å². The lowest BCUT2D eigenvalue weighted by atomic mass is 10.0. The number of aldehydes is 1. The molecule has 0 N–H and O–H groups in total. The fourth-order valence-electron chi connectivity index (χ4n) is 3.43. The number of rotatable bonds is 8. The largest absolute Gasteiger partial charge is 0.454 e. The van der Waals surface area contributed by atoms with Gasteiger partial charge in [0.15, 0.2) is 23.6 Å². The summed E-state index contributed by atoms with van der Waals surface area (Å²) >= 11 is 12.7. The molecule has 0 spiro atoms. The molecule has 2 aromatic carbocycles. The standard InChI is InChI=1S/C23H24Cl2N2O4Si/c1-32(2,3)9-8-29-13-27-21(12-28)26-22(17-11-16(24)5-6-18(17)25)23(27)15-4-7-19-20(10-15)31-14-30-19/h4-7,10-12H,8-9,13-14H2,1-3H3. The Bertz CT molecular complexity index is 1160. The summed E-state index contributed by atoms with van der Waals surface area (Å²) in [4.78, 5) is 16.6. The maximum Gasteiger partial charge on any atom is 0.231 e. The third kappa shape index (κ3) is 4.86. The molecule has 168 valence electrons. The maximum atomic E-state index is 12.0. The van der Waals surface area contributed by atoms with E-state index in [1.165, 1.54) is 0 Å². The summed E-state index contributed by atoms with van der Waals surface area (Å²) in [7, 11) is -1.25. The molecule has 0 bridgehead atoms. The molecule has 6 nitrogen and oxygen atoms in total. The number of carbonyl (C=O) groups excluding carboxylic acids is 1. The van der Waals surface area contributed by atoms with Crippen molar-refractivity contribution >= 4 is 37.6 Å². The van der Waals surface area contributed by atoms with Crippen LogP contribution in [0.1, 0.15) is 10.6 Å². The monoisotopic (exact) mass is 490 g/mol. The molecule has 9 heteroatoms. The Balaban J connectivity index is 1.82. The van der Waals surface area contributed by atoms with Crippen LogP contribution < -0.4 is 9.47 Å². The van der Waals surface area contributed by atoms with Gasteiger partial charge in [-0.25, -0.2) is 4.98 Å². The van der Waals surface area contributed by atoms with Gasteiger partial charge in [-0.3, -0.25) is 9.36 Å². The van der Waals surface area contributed by atoms with Crippen LogP contribution in [0.4, 0.5) is 0 Å². The molecule has 0 unspecified atom stereocenters. The normalized spacial score (nSPS) is 12.9. The van der Waals surface area contributed by atoms with Crippen LogP contribution in [0.15, 0.2) is 36.4 Å². The van der Waals surface area contributed by atoms with Crippen LogP contribution in [0.3, 0.4) is 0 Å². The number of fused-ring (bicyclic) bond motifs is 1. The molecule has 32 heavy (non-hydrogen) atoms. The van der Waals surface area contributed by atoms with Gasteiger partial charge in [0.2, 0.25) is 6.79 Å². The highest BCUT2D eigenvalue weighted by atomic mass is 35.5. The number of aromatic nitrogens is 2. The SMILES string of the molecule is C[Si](C)(C)CCOCn1c(C=O)nc(-c2cc(Cl)ccc2Cl)c1-c1ccc2c(c1)OCO2. The molecule has 1 aromatic heterocycles. The van der Waals surface area contributed by atoms with Crippen LogP contribution in [0.2, 0.25) is 35.7 Å². The molecule has 1 aliphatic rings. The van der Waals surface area contributed by atoms with E-state index in [0.29, 0.717) is 45.1 Å². The van der Waals surface area contributed by atoms with Gasteiger partial charge in [-0.2, -0.15) is 0 Å². The number of ether oxygens (including phenoxy) is 3. The van der Waals surface area contributed by atoms with E-state index < -0.39 is 8.07 Å². The molecule has 0 aliphatic carbocycles. The average Bonchev–Trinajstić information content (AvgIpc) is 3.35. The average molecular weight is 491 g/mol. The first-order valence-electron chi connectivity index (χ1n) is 10.3. The molecule has 2 heterocycles. The van der Waals surface area contributed by atoms with Crippen molar-refractivity contribution in [2.45, 2.75) is 32.4 Å². The van der Waals surface area contributed by atoms with E-state index in [4.69, 9.17) is 37.4 Å². The fourth-order valence-corrected chi connectivity index (χ4v) is 4.56. The molecule has 0 fully saturated rings. The van der Waals surface area contributed by atoms with E-state index in [9.17, 15) is 4.79 Å². The van der Waals surface area contributed by atoms with Gasteiger partial charge in [0.1, 0.15) is 6.73 Å². The molecular weight excluding hydrogens is 467 g/mol. The molecule has 0 atom stereocenters. The van der Waals surface area contributed by atoms with Crippen LogP contribution in [-0.4, -0.2) is 37.3 Å². The Morgan fingerprint density at radius 1 is 1.12 bits per heavy atom. The third-order valence-corrected chi connectivity index (χ3v) is 7.42. The van der Waals surface area contributed by atoms with Gasteiger partial charge >= 0.3 is 0 Å². The van der Waals surface area contributed by atoms with Crippen molar-refractivity contribution in [2.75, 3.05) is 13.4 Å². The molecule has 0 radical (unpaired) electrons. The lowest BCUT2D eigenvalue weighted by Gasteiger charge is -2.17. The number of hydrogen-bond acceptors (Lipinski definition) is 5. The van der Waals surface area contributed by atoms with Gasteiger partial charge < -0.3 is 14.2 Å². The second kappa shape index (κ2) is 9.27. The van der Waals surface area contributed by atoms with E-state index in [1.807, 2.05) is 18.2 Å².